The van der Waals surface area contributed by atoms with Crippen molar-refractivity contribution < 1.29 is 0 Å². The van der Waals surface area contributed by atoms with E-state index >= 15 is 0 Å². The van der Waals surface area contributed by atoms with E-state index in [1.165, 1.54) is 71.5 Å². The quantitative estimate of drug-likeness (QED) is 0.166. The molecule has 0 spiro atoms. The Hall–Kier alpha value is -6.64. The number of para-hydroxylation sites is 3. The minimum atomic E-state index is -0.266. The summed E-state index contributed by atoms with van der Waals surface area (Å²) in [6.45, 7) is 7.05. The molecule has 0 aromatic heterocycles. The molecule has 2 nitrogen and oxygen atoms in total. The molecule has 54 heavy (non-hydrogen) atoms. The van der Waals surface area contributed by atoms with Gasteiger partial charge < -0.3 is 9.80 Å². The molecule has 2 heteroatoms. The van der Waals surface area contributed by atoms with Crippen molar-refractivity contribution in [3.05, 3.63) is 205 Å². The van der Waals surface area contributed by atoms with Gasteiger partial charge in [-0.25, -0.2) is 0 Å². The normalized spacial score (nSPS) is 13.2. The fraction of sp³-hybridized carbons (Fsp3) is 0.0769. The summed E-state index contributed by atoms with van der Waals surface area (Å²) in [5.41, 5.74) is 13.1. The summed E-state index contributed by atoms with van der Waals surface area (Å²) in [7, 11) is 0. The molecule has 1 aliphatic heterocycles. The van der Waals surface area contributed by atoms with Crippen molar-refractivity contribution in [3.8, 4) is 11.1 Å². The molecule has 258 valence electrons. The minimum absolute atomic E-state index is 0.266. The van der Waals surface area contributed by atoms with Gasteiger partial charge >= 0.3 is 0 Å². The zero-order valence-electron chi connectivity index (χ0n) is 30.8. The Morgan fingerprint density at radius 1 is 0.407 bits per heavy atom. The summed E-state index contributed by atoms with van der Waals surface area (Å²) in [5.74, 6) is 0. The number of nitrogens with zero attached hydrogens (tertiary/aromatic N) is 2. The molecule has 0 atom stereocenters. The molecule has 0 saturated carbocycles. The molecule has 0 radical (unpaired) electrons. The van der Waals surface area contributed by atoms with Gasteiger partial charge in [0.2, 0.25) is 0 Å². The highest BCUT2D eigenvalue weighted by molar-refractivity contribution is 6.26. The van der Waals surface area contributed by atoms with Crippen molar-refractivity contribution in [1.29, 1.82) is 0 Å². The van der Waals surface area contributed by atoms with Gasteiger partial charge in [-0.15, -0.1) is 0 Å². The van der Waals surface area contributed by atoms with Crippen molar-refractivity contribution in [1.82, 2.24) is 0 Å². The lowest BCUT2D eigenvalue weighted by Gasteiger charge is -2.42. The van der Waals surface area contributed by atoms with Crippen molar-refractivity contribution in [2.24, 2.45) is 0 Å². The van der Waals surface area contributed by atoms with E-state index < -0.39 is 0 Å². The Morgan fingerprint density at radius 2 is 0.907 bits per heavy atom. The molecule has 1 heterocycles. The third kappa shape index (κ3) is 5.02. The van der Waals surface area contributed by atoms with E-state index in [1.54, 1.807) is 0 Å². The maximum Gasteiger partial charge on any atom is 0.0509 e. The highest BCUT2D eigenvalue weighted by Crippen LogP contribution is 2.54. The topological polar surface area (TPSA) is 6.48 Å². The number of hydrogen-bond acceptors (Lipinski definition) is 2. The van der Waals surface area contributed by atoms with E-state index in [0.717, 1.165) is 22.7 Å². The second kappa shape index (κ2) is 12.5. The highest BCUT2D eigenvalue weighted by Gasteiger charge is 2.38. The highest BCUT2D eigenvalue weighted by atomic mass is 15.2. The first-order valence-corrected chi connectivity index (χ1v) is 18.9. The molecule has 1 aliphatic rings. The number of anilines is 6. The summed E-state index contributed by atoms with van der Waals surface area (Å²) in [6, 6.07) is 68.8. The first-order chi connectivity index (χ1) is 26.5. The Kier molecular flexibility index (Phi) is 7.42. The van der Waals surface area contributed by atoms with Crippen LogP contribution in [0, 0.1) is 6.92 Å². The molecule has 0 fully saturated rings. The van der Waals surface area contributed by atoms with Crippen LogP contribution in [0.2, 0.25) is 0 Å². The fourth-order valence-electron chi connectivity index (χ4n) is 8.87. The van der Waals surface area contributed by atoms with Gasteiger partial charge in [-0.05, 0) is 140 Å². The van der Waals surface area contributed by atoms with Crippen LogP contribution >= 0.6 is 0 Å². The Labute approximate surface area is 317 Å². The van der Waals surface area contributed by atoms with E-state index in [4.69, 9.17) is 0 Å². The van der Waals surface area contributed by atoms with Crippen molar-refractivity contribution >= 4 is 66.4 Å². The lowest BCUT2D eigenvalue weighted by Crippen LogP contribution is -2.30. The summed E-state index contributed by atoms with van der Waals surface area (Å²) >= 11 is 0. The van der Waals surface area contributed by atoms with Crippen LogP contribution in [0.1, 0.15) is 30.5 Å². The molecule has 0 unspecified atom stereocenters. The fourth-order valence-corrected chi connectivity index (χ4v) is 8.87. The van der Waals surface area contributed by atoms with Gasteiger partial charge in [-0.3, -0.25) is 0 Å². The van der Waals surface area contributed by atoms with Gasteiger partial charge in [0, 0.05) is 28.2 Å². The number of fused-ring (bicyclic) bond motifs is 8. The van der Waals surface area contributed by atoms with Crippen LogP contribution in [0.3, 0.4) is 0 Å². The molecular formula is C52H40N2. The average Bonchev–Trinajstić information content (AvgIpc) is 3.22. The van der Waals surface area contributed by atoms with E-state index in [-0.39, 0.29) is 5.41 Å². The standard InChI is InChI=1S/C52H40N2/c1-35-31-40(53(37-17-7-4-8-18-37)38-19-9-5-10-20-38)28-29-41(35)36-27-30-50-48(32-36)52(2,3)49-33-46-44-25-15-13-23-42(44)43-24-14-16-26-45(43)47(46)34-51(49)54(50)39-21-11-6-12-22-39/h4-34H,1-3H3. The van der Waals surface area contributed by atoms with Crippen molar-refractivity contribution in [2.45, 2.75) is 26.2 Å². The van der Waals surface area contributed by atoms with Crippen LogP contribution < -0.4 is 9.80 Å². The lowest BCUT2D eigenvalue weighted by molar-refractivity contribution is 0.633. The van der Waals surface area contributed by atoms with Crippen molar-refractivity contribution in [3.63, 3.8) is 0 Å². The summed E-state index contributed by atoms with van der Waals surface area (Å²) in [6.07, 6.45) is 0. The van der Waals surface area contributed by atoms with Gasteiger partial charge in [-0.1, -0.05) is 129 Å². The lowest BCUT2D eigenvalue weighted by atomic mass is 9.72. The van der Waals surface area contributed by atoms with Gasteiger partial charge in [0.1, 0.15) is 0 Å². The van der Waals surface area contributed by atoms with E-state index in [1.807, 2.05) is 0 Å². The number of benzene rings is 9. The molecule has 0 amide bonds. The summed E-state index contributed by atoms with van der Waals surface area (Å²) < 4.78 is 0. The van der Waals surface area contributed by atoms with Crippen LogP contribution in [0.15, 0.2) is 188 Å². The smallest absolute Gasteiger partial charge is 0.0509 e. The summed E-state index contributed by atoms with van der Waals surface area (Å²) in [4.78, 5) is 4.81. The summed E-state index contributed by atoms with van der Waals surface area (Å²) in [5, 5.41) is 7.77. The van der Waals surface area contributed by atoms with Gasteiger partial charge in [0.05, 0.1) is 11.4 Å². The Balaban J connectivity index is 1.16. The molecule has 9 aromatic rings. The van der Waals surface area contributed by atoms with Gasteiger partial charge in [0.25, 0.3) is 0 Å². The second-order valence-corrected chi connectivity index (χ2v) is 15.0. The SMILES string of the molecule is Cc1cc(N(c2ccccc2)c2ccccc2)ccc1-c1ccc2c(c1)C(C)(C)c1cc3c4ccccc4c4ccccc4c3cc1N2c1ccccc1. The second-order valence-electron chi connectivity index (χ2n) is 15.0. The van der Waals surface area contributed by atoms with Crippen LogP contribution in [0.4, 0.5) is 34.1 Å². The van der Waals surface area contributed by atoms with Gasteiger partial charge in [0.15, 0.2) is 0 Å². The number of rotatable bonds is 5. The molecule has 0 saturated heterocycles. The Bertz CT molecular complexity index is 2820. The predicted molar refractivity (Wildman–Crippen MR) is 231 cm³/mol. The maximum absolute atomic E-state index is 2.49. The van der Waals surface area contributed by atoms with E-state index in [0.29, 0.717) is 0 Å². The van der Waals surface area contributed by atoms with Crippen molar-refractivity contribution in [2.75, 3.05) is 9.80 Å². The zero-order chi connectivity index (χ0) is 36.4. The molecule has 9 aromatic carbocycles. The van der Waals surface area contributed by atoms with Crippen LogP contribution in [0.5, 0.6) is 0 Å². The van der Waals surface area contributed by atoms with Crippen LogP contribution in [-0.2, 0) is 5.41 Å². The zero-order valence-corrected chi connectivity index (χ0v) is 30.8. The molecule has 0 N–H and O–H groups in total. The van der Waals surface area contributed by atoms with E-state index in [9.17, 15) is 0 Å². The maximum atomic E-state index is 2.49. The third-order valence-corrected chi connectivity index (χ3v) is 11.5. The number of hydrogen-bond donors (Lipinski definition) is 0. The first kappa shape index (κ1) is 32.0. The molecule has 10 rings (SSSR count). The predicted octanol–water partition coefficient (Wildman–Crippen LogP) is 14.7. The average molecular weight is 693 g/mol. The molecular weight excluding hydrogens is 653 g/mol. The monoisotopic (exact) mass is 692 g/mol. The van der Waals surface area contributed by atoms with Crippen LogP contribution in [-0.4, -0.2) is 0 Å². The van der Waals surface area contributed by atoms with Crippen LogP contribution in [0.25, 0.3) is 43.4 Å². The minimum Gasteiger partial charge on any atom is -0.310 e. The van der Waals surface area contributed by atoms with E-state index in [2.05, 4.69) is 219 Å². The molecule has 0 aliphatic carbocycles. The largest absolute Gasteiger partial charge is 0.310 e. The Morgan fingerprint density at radius 3 is 1.48 bits per heavy atom. The van der Waals surface area contributed by atoms with Gasteiger partial charge in [-0.2, -0.15) is 0 Å². The number of aryl methyl sites for hydroxylation is 1. The molecule has 0 bridgehead atoms. The third-order valence-electron chi connectivity index (χ3n) is 11.5. The first-order valence-electron chi connectivity index (χ1n) is 18.9.